The molecule has 2 aromatic rings. The number of hydrogen-bond acceptors (Lipinski definition) is 4. The minimum atomic E-state index is -0.447. The van der Waals surface area contributed by atoms with Crippen LogP contribution in [0.1, 0.15) is 12.0 Å². The fourth-order valence-corrected chi connectivity index (χ4v) is 4.02. The highest BCUT2D eigenvalue weighted by atomic mass is 35.5. The standard InChI is InChI=1S/C20H20ClN3O2S/c1-22-18(25)13-17-19(26)24(12-11-14-7-9-15(21)10-8-14)20(27-17)23-16-5-3-2-4-6-16/h2-10,17H,11-13H2,1H3,(H,22,25)/t17-/m1/s1. The van der Waals surface area contributed by atoms with Crippen LogP contribution in [0.25, 0.3) is 0 Å². The molecule has 2 aromatic carbocycles. The number of hydrogen-bond donors (Lipinski definition) is 1. The SMILES string of the molecule is CNC(=O)C[C@H]1SC(=Nc2ccccc2)N(CCc2ccc(Cl)cc2)C1=O. The summed E-state index contributed by atoms with van der Waals surface area (Å²) >= 11 is 7.28. The smallest absolute Gasteiger partial charge is 0.242 e. The van der Waals surface area contributed by atoms with E-state index in [1.807, 2.05) is 54.6 Å². The minimum Gasteiger partial charge on any atom is -0.359 e. The Labute approximate surface area is 167 Å². The Kier molecular flexibility index (Phi) is 6.53. The summed E-state index contributed by atoms with van der Waals surface area (Å²) < 4.78 is 0. The maximum Gasteiger partial charge on any atom is 0.242 e. The molecule has 0 radical (unpaired) electrons. The topological polar surface area (TPSA) is 61.8 Å². The second-order valence-corrected chi connectivity index (χ2v) is 7.69. The van der Waals surface area contributed by atoms with Crippen LogP contribution in [-0.4, -0.2) is 40.7 Å². The van der Waals surface area contributed by atoms with Crippen LogP contribution < -0.4 is 5.32 Å². The lowest BCUT2D eigenvalue weighted by Crippen LogP contribution is -2.35. The third-order valence-electron chi connectivity index (χ3n) is 4.19. The fourth-order valence-electron chi connectivity index (χ4n) is 2.71. The van der Waals surface area contributed by atoms with Crippen molar-refractivity contribution in [2.45, 2.75) is 18.1 Å². The van der Waals surface area contributed by atoms with Gasteiger partial charge in [0.1, 0.15) is 5.25 Å². The second-order valence-electron chi connectivity index (χ2n) is 6.08. The number of carbonyl (C=O) groups is 2. The van der Waals surface area contributed by atoms with Gasteiger partial charge < -0.3 is 5.32 Å². The number of benzene rings is 2. The quantitative estimate of drug-likeness (QED) is 0.803. The van der Waals surface area contributed by atoms with Gasteiger partial charge in [-0.25, -0.2) is 4.99 Å². The molecule has 0 saturated carbocycles. The molecule has 1 N–H and O–H groups in total. The van der Waals surface area contributed by atoms with Crippen molar-refractivity contribution in [3.8, 4) is 0 Å². The first-order valence-corrected chi connectivity index (χ1v) is 9.89. The van der Waals surface area contributed by atoms with Crippen molar-refractivity contribution >= 4 is 46.0 Å². The van der Waals surface area contributed by atoms with E-state index in [1.165, 1.54) is 11.8 Å². The van der Waals surface area contributed by atoms with Crippen molar-refractivity contribution in [2.24, 2.45) is 4.99 Å². The lowest BCUT2D eigenvalue weighted by Gasteiger charge is -2.16. The number of nitrogens with zero attached hydrogens (tertiary/aromatic N) is 2. The fraction of sp³-hybridized carbons (Fsp3) is 0.250. The van der Waals surface area contributed by atoms with Gasteiger partial charge in [-0.15, -0.1) is 0 Å². The molecule has 1 atom stereocenters. The molecule has 0 aromatic heterocycles. The zero-order valence-electron chi connectivity index (χ0n) is 14.9. The van der Waals surface area contributed by atoms with Gasteiger partial charge in [0, 0.05) is 25.0 Å². The molecule has 3 rings (SSSR count). The van der Waals surface area contributed by atoms with Crippen molar-refractivity contribution in [2.75, 3.05) is 13.6 Å². The summed E-state index contributed by atoms with van der Waals surface area (Å²) in [4.78, 5) is 30.9. The zero-order chi connectivity index (χ0) is 19.2. The molecular weight excluding hydrogens is 382 g/mol. The van der Waals surface area contributed by atoms with Crippen LogP contribution in [0.5, 0.6) is 0 Å². The molecule has 1 aliphatic heterocycles. The van der Waals surface area contributed by atoms with E-state index in [0.717, 1.165) is 11.3 Å². The van der Waals surface area contributed by atoms with Crippen molar-refractivity contribution in [3.63, 3.8) is 0 Å². The molecule has 27 heavy (non-hydrogen) atoms. The molecule has 0 aliphatic carbocycles. The maximum atomic E-state index is 12.9. The number of thioether (sulfide) groups is 1. The predicted molar refractivity (Wildman–Crippen MR) is 110 cm³/mol. The number of halogens is 1. The zero-order valence-corrected chi connectivity index (χ0v) is 16.5. The number of rotatable bonds is 6. The van der Waals surface area contributed by atoms with E-state index in [2.05, 4.69) is 10.3 Å². The van der Waals surface area contributed by atoms with Crippen molar-refractivity contribution < 1.29 is 9.59 Å². The Morgan fingerprint density at radius 3 is 2.56 bits per heavy atom. The Morgan fingerprint density at radius 1 is 1.19 bits per heavy atom. The van der Waals surface area contributed by atoms with E-state index in [0.29, 0.717) is 23.2 Å². The summed E-state index contributed by atoms with van der Waals surface area (Å²) in [6, 6.07) is 17.1. The van der Waals surface area contributed by atoms with Crippen LogP contribution >= 0.6 is 23.4 Å². The third kappa shape index (κ3) is 5.11. The van der Waals surface area contributed by atoms with E-state index in [-0.39, 0.29) is 18.2 Å². The Bertz CT molecular complexity index is 840. The molecule has 5 nitrogen and oxygen atoms in total. The highest BCUT2D eigenvalue weighted by Gasteiger charge is 2.38. The molecule has 1 aliphatic rings. The van der Waals surface area contributed by atoms with E-state index in [9.17, 15) is 9.59 Å². The lowest BCUT2D eigenvalue weighted by molar-refractivity contribution is -0.129. The van der Waals surface area contributed by atoms with Crippen molar-refractivity contribution in [1.29, 1.82) is 0 Å². The van der Waals surface area contributed by atoms with Gasteiger partial charge >= 0.3 is 0 Å². The first-order chi connectivity index (χ1) is 13.1. The Morgan fingerprint density at radius 2 is 1.89 bits per heavy atom. The van der Waals surface area contributed by atoms with Gasteiger partial charge in [-0.1, -0.05) is 53.7 Å². The van der Waals surface area contributed by atoms with Gasteiger partial charge in [0.15, 0.2) is 5.17 Å². The highest BCUT2D eigenvalue weighted by molar-refractivity contribution is 8.15. The molecule has 0 spiro atoms. The van der Waals surface area contributed by atoms with Crippen LogP contribution in [0.2, 0.25) is 5.02 Å². The van der Waals surface area contributed by atoms with Crippen LogP contribution in [0.4, 0.5) is 5.69 Å². The number of amidine groups is 1. The summed E-state index contributed by atoms with van der Waals surface area (Å²) in [6.07, 6.45) is 0.829. The number of aliphatic imine (C=N–C) groups is 1. The molecule has 0 unspecified atom stereocenters. The van der Waals surface area contributed by atoms with Crippen LogP contribution in [0.15, 0.2) is 59.6 Å². The monoisotopic (exact) mass is 401 g/mol. The number of nitrogens with one attached hydrogen (secondary N) is 1. The van der Waals surface area contributed by atoms with Gasteiger partial charge in [-0.05, 0) is 36.2 Å². The van der Waals surface area contributed by atoms with E-state index in [1.54, 1.807) is 11.9 Å². The number of para-hydroxylation sites is 1. The number of carbonyl (C=O) groups excluding carboxylic acids is 2. The van der Waals surface area contributed by atoms with E-state index in [4.69, 9.17) is 11.6 Å². The van der Waals surface area contributed by atoms with E-state index < -0.39 is 5.25 Å². The second kappa shape index (κ2) is 9.06. The molecule has 1 heterocycles. The maximum absolute atomic E-state index is 12.9. The van der Waals surface area contributed by atoms with Crippen LogP contribution in [0.3, 0.4) is 0 Å². The number of amides is 2. The van der Waals surface area contributed by atoms with Crippen LogP contribution in [-0.2, 0) is 16.0 Å². The van der Waals surface area contributed by atoms with Gasteiger partial charge in [0.2, 0.25) is 11.8 Å². The summed E-state index contributed by atoms with van der Waals surface area (Å²) in [5.74, 6) is -0.230. The molecule has 0 bridgehead atoms. The molecular formula is C20H20ClN3O2S. The summed E-state index contributed by atoms with van der Waals surface area (Å²) in [5, 5.41) is 3.45. The Balaban J connectivity index is 1.79. The summed E-state index contributed by atoms with van der Waals surface area (Å²) in [6.45, 7) is 0.503. The summed E-state index contributed by atoms with van der Waals surface area (Å²) in [5.41, 5.74) is 1.87. The Hall–Kier alpha value is -2.31. The highest BCUT2D eigenvalue weighted by Crippen LogP contribution is 2.31. The van der Waals surface area contributed by atoms with E-state index >= 15 is 0 Å². The van der Waals surface area contributed by atoms with Gasteiger partial charge in [0.05, 0.1) is 5.69 Å². The first-order valence-electron chi connectivity index (χ1n) is 8.63. The molecule has 7 heteroatoms. The molecule has 1 fully saturated rings. The average molecular weight is 402 g/mol. The largest absolute Gasteiger partial charge is 0.359 e. The normalized spacial score (nSPS) is 18.1. The average Bonchev–Trinajstić information content (AvgIpc) is 2.96. The molecule has 2 amide bonds. The van der Waals surface area contributed by atoms with Gasteiger partial charge in [-0.3, -0.25) is 14.5 Å². The van der Waals surface area contributed by atoms with Crippen molar-refractivity contribution in [1.82, 2.24) is 10.2 Å². The minimum absolute atomic E-state index is 0.0766. The third-order valence-corrected chi connectivity index (χ3v) is 5.62. The van der Waals surface area contributed by atoms with Gasteiger partial charge in [-0.2, -0.15) is 0 Å². The lowest BCUT2D eigenvalue weighted by atomic mass is 10.1. The molecule has 1 saturated heterocycles. The summed E-state index contributed by atoms with van der Waals surface area (Å²) in [7, 11) is 1.57. The predicted octanol–water partition coefficient (Wildman–Crippen LogP) is 3.65. The first kappa shape index (κ1) is 19.5. The van der Waals surface area contributed by atoms with Crippen LogP contribution in [0, 0.1) is 0 Å². The van der Waals surface area contributed by atoms with Gasteiger partial charge in [0.25, 0.3) is 0 Å². The molecule has 140 valence electrons. The van der Waals surface area contributed by atoms with Crippen molar-refractivity contribution in [3.05, 3.63) is 65.2 Å².